The Morgan fingerprint density at radius 1 is 1.33 bits per heavy atom. The molecule has 21 heavy (non-hydrogen) atoms. The molecule has 8 nitrogen and oxygen atoms in total. The second kappa shape index (κ2) is 6.08. The van der Waals surface area contributed by atoms with E-state index in [1.807, 2.05) is 6.92 Å². The first-order chi connectivity index (χ1) is 10.1. The molecule has 1 aromatic heterocycles. The van der Waals surface area contributed by atoms with Crippen molar-refractivity contribution in [2.75, 3.05) is 45.8 Å². The van der Waals surface area contributed by atoms with Crippen LogP contribution >= 0.6 is 0 Å². The summed E-state index contributed by atoms with van der Waals surface area (Å²) in [5.74, 6) is 0.799. The fourth-order valence-electron chi connectivity index (χ4n) is 3.00. The third-order valence-electron chi connectivity index (χ3n) is 4.54. The van der Waals surface area contributed by atoms with Gasteiger partial charge in [0.05, 0.1) is 0 Å². The van der Waals surface area contributed by atoms with Crippen LogP contribution in [0.5, 0.6) is 0 Å². The van der Waals surface area contributed by atoms with Crippen LogP contribution in [-0.2, 0) is 6.54 Å². The monoisotopic (exact) mass is 294 g/mol. The Morgan fingerprint density at radius 2 is 2.05 bits per heavy atom. The number of nitrogens with zero attached hydrogens (tertiary/aromatic N) is 5. The van der Waals surface area contributed by atoms with Gasteiger partial charge in [-0.3, -0.25) is 9.80 Å². The van der Waals surface area contributed by atoms with Gasteiger partial charge in [-0.2, -0.15) is 0 Å². The molecule has 2 saturated heterocycles. The normalized spacial score (nSPS) is 21.4. The van der Waals surface area contributed by atoms with E-state index < -0.39 is 0 Å². The second-order valence-electron chi connectivity index (χ2n) is 5.76. The van der Waals surface area contributed by atoms with E-state index in [1.165, 1.54) is 6.20 Å². The number of piperazine rings is 1. The molecule has 0 bridgehead atoms. The van der Waals surface area contributed by atoms with Crippen molar-refractivity contribution < 1.29 is 4.92 Å². The van der Waals surface area contributed by atoms with E-state index in [2.05, 4.69) is 20.1 Å². The van der Waals surface area contributed by atoms with Crippen molar-refractivity contribution >= 4 is 5.82 Å². The lowest BCUT2D eigenvalue weighted by Gasteiger charge is -2.43. The molecule has 0 aliphatic carbocycles. The highest BCUT2D eigenvalue weighted by molar-refractivity contribution is 5.18. The minimum absolute atomic E-state index is 0.0895. The van der Waals surface area contributed by atoms with Crippen LogP contribution in [0.2, 0.25) is 0 Å². The molecule has 3 rings (SSSR count). The summed E-state index contributed by atoms with van der Waals surface area (Å²) in [7, 11) is 0. The standard InChI is InChI=1S/C13H22N6O2/c1-11-15-10-13(19(20)21)18(11)7-4-16-2-5-17(6-3-16)12-8-14-9-12/h10,12,14H,2-9H2,1H3. The van der Waals surface area contributed by atoms with Crippen molar-refractivity contribution in [1.29, 1.82) is 0 Å². The van der Waals surface area contributed by atoms with Gasteiger partial charge in [-0.05, 0) is 4.92 Å². The average Bonchev–Trinajstić information content (AvgIpc) is 2.77. The Morgan fingerprint density at radius 3 is 2.62 bits per heavy atom. The van der Waals surface area contributed by atoms with Crippen molar-refractivity contribution in [2.45, 2.75) is 19.5 Å². The lowest BCUT2D eigenvalue weighted by Crippen LogP contribution is -2.61. The zero-order valence-corrected chi connectivity index (χ0v) is 12.4. The molecule has 8 heteroatoms. The van der Waals surface area contributed by atoms with Gasteiger partial charge in [0.25, 0.3) is 0 Å². The highest BCUT2D eigenvalue weighted by Crippen LogP contribution is 2.14. The summed E-state index contributed by atoms with van der Waals surface area (Å²) in [5, 5.41) is 14.3. The van der Waals surface area contributed by atoms with Crippen LogP contribution in [0.4, 0.5) is 5.82 Å². The quantitative estimate of drug-likeness (QED) is 0.593. The predicted molar refractivity (Wildman–Crippen MR) is 78.3 cm³/mol. The Labute approximate surface area is 123 Å². The third kappa shape index (κ3) is 3.07. The molecule has 0 radical (unpaired) electrons. The maximum atomic E-state index is 11.0. The number of aromatic nitrogens is 2. The first kappa shape index (κ1) is 14.4. The molecular formula is C13H22N6O2. The summed E-state index contributed by atoms with van der Waals surface area (Å²) < 4.78 is 1.70. The van der Waals surface area contributed by atoms with Crippen molar-refractivity contribution in [3.63, 3.8) is 0 Å². The fraction of sp³-hybridized carbons (Fsp3) is 0.769. The Kier molecular flexibility index (Phi) is 4.18. The largest absolute Gasteiger partial charge is 0.358 e. The predicted octanol–water partition coefficient (Wildman–Crippen LogP) is -0.311. The zero-order chi connectivity index (χ0) is 14.8. The van der Waals surface area contributed by atoms with Gasteiger partial charge in [-0.1, -0.05) is 0 Å². The van der Waals surface area contributed by atoms with Gasteiger partial charge in [-0.25, -0.2) is 9.55 Å². The number of nitro groups is 1. The minimum atomic E-state index is -0.360. The fourth-order valence-corrected chi connectivity index (χ4v) is 3.00. The zero-order valence-electron chi connectivity index (χ0n) is 12.4. The van der Waals surface area contributed by atoms with Crippen LogP contribution < -0.4 is 5.32 Å². The van der Waals surface area contributed by atoms with E-state index in [4.69, 9.17) is 0 Å². The van der Waals surface area contributed by atoms with Crippen molar-refractivity contribution in [2.24, 2.45) is 0 Å². The first-order valence-electron chi connectivity index (χ1n) is 7.49. The third-order valence-corrected chi connectivity index (χ3v) is 4.54. The lowest BCUT2D eigenvalue weighted by molar-refractivity contribution is -0.392. The molecule has 0 atom stereocenters. The summed E-state index contributed by atoms with van der Waals surface area (Å²) in [6.07, 6.45) is 1.34. The Balaban J connectivity index is 1.50. The van der Waals surface area contributed by atoms with Crippen LogP contribution in [0.15, 0.2) is 6.20 Å². The average molecular weight is 294 g/mol. The number of rotatable bonds is 5. The van der Waals surface area contributed by atoms with E-state index in [9.17, 15) is 10.1 Å². The molecule has 2 aliphatic rings. The second-order valence-corrected chi connectivity index (χ2v) is 5.76. The number of hydrogen-bond donors (Lipinski definition) is 1. The Hall–Kier alpha value is -1.51. The van der Waals surface area contributed by atoms with Crippen LogP contribution in [0.3, 0.4) is 0 Å². The number of nitrogens with one attached hydrogen (secondary N) is 1. The summed E-state index contributed by atoms with van der Waals surface area (Å²) >= 11 is 0. The molecular weight excluding hydrogens is 272 g/mol. The summed E-state index contributed by atoms with van der Waals surface area (Å²) in [5.41, 5.74) is 0. The summed E-state index contributed by atoms with van der Waals surface area (Å²) in [6, 6.07) is 0.712. The van der Waals surface area contributed by atoms with E-state index in [0.717, 1.165) is 45.8 Å². The molecule has 0 aromatic carbocycles. The topological polar surface area (TPSA) is 79.5 Å². The number of imidazole rings is 1. The maximum absolute atomic E-state index is 11.0. The molecule has 1 aromatic rings. The Bertz CT molecular complexity index is 505. The van der Waals surface area contributed by atoms with Gasteiger partial charge in [0.15, 0.2) is 5.82 Å². The van der Waals surface area contributed by atoms with E-state index in [0.29, 0.717) is 18.4 Å². The highest BCUT2D eigenvalue weighted by atomic mass is 16.6. The van der Waals surface area contributed by atoms with Crippen molar-refractivity contribution in [1.82, 2.24) is 24.7 Å². The van der Waals surface area contributed by atoms with Gasteiger partial charge >= 0.3 is 5.82 Å². The molecule has 116 valence electrons. The molecule has 3 heterocycles. The molecule has 0 saturated carbocycles. The molecule has 0 amide bonds. The van der Waals surface area contributed by atoms with E-state index in [-0.39, 0.29) is 10.7 Å². The number of aryl methyl sites for hydroxylation is 1. The highest BCUT2D eigenvalue weighted by Gasteiger charge is 2.28. The van der Waals surface area contributed by atoms with Gasteiger partial charge in [0.1, 0.15) is 12.7 Å². The van der Waals surface area contributed by atoms with Gasteiger partial charge in [0, 0.05) is 58.8 Å². The van der Waals surface area contributed by atoms with Crippen LogP contribution in [0, 0.1) is 17.0 Å². The molecule has 2 fully saturated rings. The van der Waals surface area contributed by atoms with E-state index >= 15 is 0 Å². The molecule has 2 aliphatic heterocycles. The maximum Gasteiger partial charge on any atom is 0.342 e. The molecule has 1 N–H and O–H groups in total. The van der Waals surface area contributed by atoms with Gasteiger partial charge < -0.3 is 15.4 Å². The van der Waals surface area contributed by atoms with E-state index in [1.54, 1.807) is 4.57 Å². The van der Waals surface area contributed by atoms with Crippen LogP contribution in [-0.4, -0.2) is 76.1 Å². The lowest BCUT2D eigenvalue weighted by atomic mass is 10.1. The van der Waals surface area contributed by atoms with Crippen molar-refractivity contribution in [3.8, 4) is 0 Å². The molecule has 0 unspecified atom stereocenters. The summed E-state index contributed by atoms with van der Waals surface area (Å²) in [6.45, 7) is 9.78. The smallest absolute Gasteiger partial charge is 0.342 e. The minimum Gasteiger partial charge on any atom is -0.358 e. The first-order valence-corrected chi connectivity index (χ1v) is 7.49. The number of hydrogen-bond acceptors (Lipinski definition) is 6. The van der Waals surface area contributed by atoms with Crippen LogP contribution in [0.25, 0.3) is 0 Å². The van der Waals surface area contributed by atoms with Gasteiger partial charge in [-0.15, -0.1) is 0 Å². The van der Waals surface area contributed by atoms with Crippen molar-refractivity contribution in [3.05, 3.63) is 22.1 Å². The molecule has 0 spiro atoms. The van der Waals surface area contributed by atoms with Crippen LogP contribution in [0.1, 0.15) is 5.82 Å². The SMILES string of the molecule is Cc1ncc([N+](=O)[O-])n1CCN1CCN(C2CNC2)CC1. The van der Waals surface area contributed by atoms with Gasteiger partial charge in [0.2, 0.25) is 0 Å². The summed E-state index contributed by atoms with van der Waals surface area (Å²) in [4.78, 5) is 19.6.